The number of carbonyl (C=O) groups is 1. The molecule has 158 valence electrons. The number of unbranched alkanes of at least 4 members (excludes halogenated alkanes) is 2. The highest BCUT2D eigenvalue weighted by molar-refractivity contribution is 8.13. The van der Waals surface area contributed by atoms with E-state index in [4.69, 9.17) is 0 Å². The highest BCUT2D eigenvalue weighted by Gasteiger charge is 2.28. The molecule has 1 fully saturated rings. The molecule has 0 aliphatic carbocycles. The highest BCUT2D eigenvalue weighted by atomic mass is 32.2. The van der Waals surface area contributed by atoms with Crippen LogP contribution < -0.4 is 0 Å². The van der Waals surface area contributed by atoms with E-state index < -0.39 is 15.1 Å². The summed E-state index contributed by atoms with van der Waals surface area (Å²) in [5, 5.41) is -0.377. The molecule has 0 saturated carbocycles. The second kappa shape index (κ2) is 12.0. The summed E-state index contributed by atoms with van der Waals surface area (Å²) in [7, 11) is -3.38. The van der Waals surface area contributed by atoms with Crippen molar-refractivity contribution in [1.29, 1.82) is 0 Å². The quantitative estimate of drug-likeness (QED) is 0.454. The van der Waals surface area contributed by atoms with Crippen LogP contribution in [0.2, 0.25) is 0 Å². The van der Waals surface area contributed by atoms with Crippen molar-refractivity contribution in [2.75, 3.05) is 25.4 Å². The van der Waals surface area contributed by atoms with Crippen LogP contribution in [0, 0.1) is 0 Å². The zero-order valence-electron chi connectivity index (χ0n) is 17.4. The first-order chi connectivity index (χ1) is 13.4. The van der Waals surface area contributed by atoms with Gasteiger partial charge in [-0.25, -0.2) is 8.42 Å². The molecule has 0 radical (unpaired) electrons. The first kappa shape index (κ1) is 23.4. The standard InChI is InChI=1S/C22H35NO3S2/c1-3-4-5-8-20-9-11-21(12-10-20)28(25,26)22(14-18-27-19(2)24)13-17-23-15-6-7-16-23/h9-12,22H,3-8,13-18H2,1-2H3. The van der Waals surface area contributed by atoms with E-state index in [1.807, 2.05) is 12.1 Å². The van der Waals surface area contributed by atoms with Crippen LogP contribution in [0.3, 0.4) is 0 Å². The number of sulfone groups is 1. The van der Waals surface area contributed by atoms with Crippen LogP contribution in [0.15, 0.2) is 29.2 Å². The molecule has 0 amide bonds. The van der Waals surface area contributed by atoms with Gasteiger partial charge in [0.1, 0.15) is 0 Å². The minimum atomic E-state index is -3.38. The van der Waals surface area contributed by atoms with E-state index in [0.717, 1.165) is 32.5 Å². The first-order valence-corrected chi connectivity index (χ1v) is 13.1. The van der Waals surface area contributed by atoms with Gasteiger partial charge in [-0.15, -0.1) is 0 Å². The lowest BCUT2D eigenvalue weighted by molar-refractivity contribution is -0.109. The average molecular weight is 426 g/mol. The normalized spacial score (nSPS) is 16.4. The SMILES string of the molecule is CCCCCc1ccc(S(=O)(=O)C(CCSC(C)=O)CCN2CCCC2)cc1. The monoisotopic (exact) mass is 425 g/mol. The van der Waals surface area contributed by atoms with Crippen LogP contribution in [-0.4, -0.2) is 49.1 Å². The lowest BCUT2D eigenvalue weighted by Crippen LogP contribution is -2.29. The molecule has 0 aromatic heterocycles. The van der Waals surface area contributed by atoms with E-state index >= 15 is 0 Å². The van der Waals surface area contributed by atoms with E-state index in [1.54, 1.807) is 12.1 Å². The summed E-state index contributed by atoms with van der Waals surface area (Å²) in [5.74, 6) is 0.564. The summed E-state index contributed by atoms with van der Waals surface area (Å²) in [6.07, 6.45) is 8.10. The fourth-order valence-corrected chi connectivity index (χ4v) is 6.32. The number of likely N-dealkylation sites (tertiary alicyclic amines) is 1. The van der Waals surface area contributed by atoms with E-state index in [2.05, 4.69) is 11.8 Å². The Hall–Kier alpha value is -0.850. The Morgan fingerprint density at radius 2 is 1.79 bits per heavy atom. The van der Waals surface area contributed by atoms with E-state index in [9.17, 15) is 13.2 Å². The third kappa shape index (κ3) is 7.53. The summed E-state index contributed by atoms with van der Waals surface area (Å²) in [6, 6.07) is 7.48. The number of thioether (sulfide) groups is 1. The second-order valence-electron chi connectivity index (χ2n) is 7.73. The molecule has 1 heterocycles. The summed E-state index contributed by atoms with van der Waals surface area (Å²) in [5.41, 5.74) is 1.20. The molecule has 1 unspecified atom stereocenters. The Kier molecular flexibility index (Phi) is 10.0. The molecule has 28 heavy (non-hydrogen) atoms. The van der Waals surface area contributed by atoms with Crippen LogP contribution in [0.4, 0.5) is 0 Å². The van der Waals surface area contributed by atoms with Gasteiger partial charge in [0.15, 0.2) is 15.0 Å². The maximum Gasteiger partial charge on any atom is 0.185 e. The van der Waals surface area contributed by atoms with Crippen LogP contribution >= 0.6 is 11.8 Å². The number of aryl methyl sites for hydroxylation is 1. The summed E-state index contributed by atoms with van der Waals surface area (Å²) < 4.78 is 26.5. The molecule has 1 aliphatic heterocycles. The summed E-state index contributed by atoms with van der Waals surface area (Å²) >= 11 is 1.23. The van der Waals surface area contributed by atoms with Crippen molar-refractivity contribution in [1.82, 2.24) is 4.90 Å². The van der Waals surface area contributed by atoms with Crippen molar-refractivity contribution in [2.45, 2.75) is 75.4 Å². The number of rotatable bonds is 12. The maximum atomic E-state index is 13.3. The third-order valence-corrected chi connectivity index (χ3v) is 8.60. The van der Waals surface area contributed by atoms with Crippen molar-refractivity contribution in [2.24, 2.45) is 0 Å². The molecular weight excluding hydrogens is 390 g/mol. The molecule has 1 aromatic rings. The summed E-state index contributed by atoms with van der Waals surface area (Å²) in [6.45, 7) is 6.69. The Balaban J connectivity index is 2.05. The first-order valence-electron chi connectivity index (χ1n) is 10.6. The fraction of sp³-hybridized carbons (Fsp3) is 0.682. The van der Waals surface area contributed by atoms with Gasteiger partial charge in [-0.05, 0) is 75.9 Å². The average Bonchev–Trinajstić information content (AvgIpc) is 3.18. The van der Waals surface area contributed by atoms with E-state index in [1.165, 1.54) is 49.9 Å². The Morgan fingerprint density at radius 3 is 2.39 bits per heavy atom. The third-order valence-electron chi connectivity index (χ3n) is 5.47. The molecular formula is C22H35NO3S2. The molecule has 1 aliphatic rings. The Bertz CT molecular complexity index is 695. The van der Waals surface area contributed by atoms with Gasteiger partial charge in [-0.2, -0.15) is 0 Å². The largest absolute Gasteiger partial charge is 0.303 e. The molecule has 2 rings (SSSR count). The van der Waals surface area contributed by atoms with Crippen molar-refractivity contribution in [3.05, 3.63) is 29.8 Å². The molecule has 0 spiro atoms. The van der Waals surface area contributed by atoms with Gasteiger partial charge in [0.25, 0.3) is 0 Å². The number of nitrogens with zero attached hydrogens (tertiary/aromatic N) is 1. The van der Waals surface area contributed by atoms with E-state index in [-0.39, 0.29) is 5.12 Å². The number of carbonyl (C=O) groups excluding carboxylic acids is 1. The predicted octanol–water partition coefficient (Wildman–Crippen LogP) is 4.72. The molecule has 1 atom stereocenters. The number of benzene rings is 1. The predicted molar refractivity (Wildman–Crippen MR) is 119 cm³/mol. The molecule has 1 aromatic carbocycles. The van der Waals surface area contributed by atoms with Crippen LogP contribution in [-0.2, 0) is 21.1 Å². The maximum absolute atomic E-state index is 13.3. The topological polar surface area (TPSA) is 54.5 Å². The van der Waals surface area contributed by atoms with Crippen molar-refractivity contribution in [3.63, 3.8) is 0 Å². The Labute approximate surface area is 175 Å². The van der Waals surface area contributed by atoms with Gasteiger partial charge < -0.3 is 4.90 Å². The van der Waals surface area contributed by atoms with Gasteiger partial charge in [0.2, 0.25) is 0 Å². The van der Waals surface area contributed by atoms with Crippen molar-refractivity contribution in [3.8, 4) is 0 Å². The van der Waals surface area contributed by atoms with Gasteiger partial charge in [-0.3, -0.25) is 4.79 Å². The number of hydrogen-bond acceptors (Lipinski definition) is 5. The summed E-state index contributed by atoms with van der Waals surface area (Å²) in [4.78, 5) is 14.0. The molecule has 0 bridgehead atoms. The fourth-order valence-electron chi connectivity index (χ4n) is 3.74. The highest BCUT2D eigenvalue weighted by Crippen LogP contribution is 2.24. The van der Waals surface area contributed by atoms with Crippen molar-refractivity contribution < 1.29 is 13.2 Å². The lowest BCUT2D eigenvalue weighted by atomic mass is 10.1. The van der Waals surface area contributed by atoms with Gasteiger partial charge in [0, 0.05) is 12.7 Å². The van der Waals surface area contributed by atoms with Crippen molar-refractivity contribution >= 4 is 26.7 Å². The zero-order chi connectivity index (χ0) is 20.4. The molecule has 1 saturated heterocycles. The zero-order valence-corrected chi connectivity index (χ0v) is 19.0. The smallest absolute Gasteiger partial charge is 0.185 e. The molecule has 6 heteroatoms. The molecule has 4 nitrogen and oxygen atoms in total. The van der Waals surface area contributed by atoms with E-state index in [0.29, 0.717) is 23.5 Å². The van der Waals surface area contributed by atoms with Crippen LogP contribution in [0.25, 0.3) is 0 Å². The second-order valence-corrected chi connectivity index (χ2v) is 11.2. The van der Waals surface area contributed by atoms with Gasteiger partial charge in [-0.1, -0.05) is 43.7 Å². The Morgan fingerprint density at radius 1 is 1.11 bits per heavy atom. The van der Waals surface area contributed by atoms with Gasteiger partial charge in [0.05, 0.1) is 10.1 Å². The number of hydrogen-bond donors (Lipinski definition) is 0. The molecule has 0 N–H and O–H groups in total. The minimum Gasteiger partial charge on any atom is -0.303 e. The minimum absolute atomic E-state index is 0.0483. The van der Waals surface area contributed by atoms with Crippen LogP contribution in [0.1, 0.15) is 64.4 Å². The lowest BCUT2D eigenvalue weighted by Gasteiger charge is -2.21. The van der Waals surface area contributed by atoms with Gasteiger partial charge >= 0.3 is 0 Å². The van der Waals surface area contributed by atoms with Crippen LogP contribution in [0.5, 0.6) is 0 Å².